The summed E-state index contributed by atoms with van der Waals surface area (Å²) in [5.41, 5.74) is 2.43. The van der Waals surface area contributed by atoms with E-state index in [2.05, 4.69) is 41.9 Å². The highest BCUT2D eigenvalue weighted by Crippen LogP contribution is 2.29. The first-order chi connectivity index (χ1) is 7.70. The van der Waals surface area contributed by atoms with Crippen molar-refractivity contribution < 1.29 is 0 Å². The van der Waals surface area contributed by atoms with Crippen LogP contribution in [0.3, 0.4) is 0 Å². The largest absolute Gasteiger partial charge is 0.308 e. The van der Waals surface area contributed by atoms with Crippen molar-refractivity contribution in [3.05, 3.63) is 17.5 Å². The molecule has 1 aliphatic carbocycles. The summed E-state index contributed by atoms with van der Waals surface area (Å²) < 4.78 is 2.09. The molecule has 1 atom stereocenters. The van der Waals surface area contributed by atoms with Gasteiger partial charge in [0.2, 0.25) is 0 Å². The average Bonchev–Trinajstić information content (AvgIpc) is 2.53. The van der Waals surface area contributed by atoms with Gasteiger partial charge in [-0.3, -0.25) is 4.68 Å². The Labute approximate surface area is 98.2 Å². The molecule has 1 heterocycles. The predicted octanol–water partition coefficient (Wildman–Crippen LogP) is 2.49. The fourth-order valence-corrected chi connectivity index (χ4v) is 2.39. The lowest BCUT2D eigenvalue weighted by molar-refractivity contribution is 0.239. The third kappa shape index (κ3) is 2.46. The SMILES string of the molecule is CCn1nc(C)cc1CNC(C)C1CCC1. The van der Waals surface area contributed by atoms with E-state index in [9.17, 15) is 0 Å². The molecule has 0 radical (unpaired) electrons. The Balaban J connectivity index is 1.87. The summed E-state index contributed by atoms with van der Waals surface area (Å²) in [5.74, 6) is 0.902. The van der Waals surface area contributed by atoms with Gasteiger partial charge in [-0.1, -0.05) is 6.42 Å². The van der Waals surface area contributed by atoms with E-state index in [1.54, 1.807) is 0 Å². The van der Waals surface area contributed by atoms with Crippen molar-refractivity contribution in [3.8, 4) is 0 Å². The second-order valence-corrected chi connectivity index (χ2v) is 4.95. The van der Waals surface area contributed by atoms with Gasteiger partial charge in [0.05, 0.1) is 11.4 Å². The summed E-state index contributed by atoms with van der Waals surface area (Å²) in [5, 5.41) is 8.09. The van der Waals surface area contributed by atoms with Crippen LogP contribution >= 0.6 is 0 Å². The van der Waals surface area contributed by atoms with Gasteiger partial charge in [-0.2, -0.15) is 5.10 Å². The molecule has 0 amide bonds. The van der Waals surface area contributed by atoms with E-state index < -0.39 is 0 Å². The van der Waals surface area contributed by atoms with E-state index in [1.807, 2.05) is 0 Å². The van der Waals surface area contributed by atoms with Gasteiger partial charge < -0.3 is 5.32 Å². The first kappa shape index (κ1) is 11.6. The topological polar surface area (TPSA) is 29.9 Å². The molecule has 0 aliphatic heterocycles. The molecule has 0 aromatic carbocycles. The fraction of sp³-hybridized carbons (Fsp3) is 0.769. The van der Waals surface area contributed by atoms with E-state index in [4.69, 9.17) is 0 Å². The molecule has 1 fully saturated rings. The summed E-state index contributed by atoms with van der Waals surface area (Å²) in [6.07, 6.45) is 4.23. The molecule has 90 valence electrons. The van der Waals surface area contributed by atoms with Gasteiger partial charge in [-0.05, 0) is 45.6 Å². The molecule has 3 heteroatoms. The van der Waals surface area contributed by atoms with Crippen LogP contribution in [0.15, 0.2) is 6.07 Å². The molecule has 0 saturated heterocycles. The molecule has 1 saturated carbocycles. The van der Waals surface area contributed by atoms with Crippen molar-refractivity contribution >= 4 is 0 Å². The van der Waals surface area contributed by atoms with Crippen LogP contribution in [0.2, 0.25) is 0 Å². The number of nitrogens with one attached hydrogen (secondary N) is 1. The minimum atomic E-state index is 0.647. The van der Waals surface area contributed by atoms with Crippen molar-refractivity contribution in [2.24, 2.45) is 5.92 Å². The summed E-state index contributed by atoms with van der Waals surface area (Å²) >= 11 is 0. The van der Waals surface area contributed by atoms with E-state index >= 15 is 0 Å². The Hall–Kier alpha value is -0.830. The van der Waals surface area contributed by atoms with Crippen LogP contribution in [0.4, 0.5) is 0 Å². The molecular formula is C13H23N3. The van der Waals surface area contributed by atoms with Gasteiger partial charge >= 0.3 is 0 Å². The van der Waals surface area contributed by atoms with Crippen LogP contribution in [-0.2, 0) is 13.1 Å². The molecule has 0 bridgehead atoms. The maximum atomic E-state index is 4.46. The molecule has 1 aromatic rings. The van der Waals surface area contributed by atoms with Gasteiger partial charge in [0.1, 0.15) is 0 Å². The zero-order chi connectivity index (χ0) is 11.5. The van der Waals surface area contributed by atoms with Crippen molar-refractivity contribution in [2.45, 2.75) is 59.2 Å². The fourth-order valence-electron chi connectivity index (χ4n) is 2.39. The minimum Gasteiger partial charge on any atom is -0.308 e. The Bertz CT molecular complexity index is 339. The highest BCUT2D eigenvalue weighted by Gasteiger charge is 2.23. The van der Waals surface area contributed by atoms with E-state index in [0.29, 0.717) is 6.04 Å². The third-order valence-electron chi connectivity index (χ3n) is 3.75. The highest BCUT2D eigenvalue weighted by atomic mass is 15.3. The first-order valence-electron chi connectivity index (χ1n) is 6.47. The van der Waals surface area contributed by atoms with E-state index in [0.717, 1.165) is 24.7 Å². The summed E-state index contributed by atoms with van der Waals surface area (Å²) in [6, 6.07) is 2.83. The smallest absolute Gasteiger partial charge is 0.0597 e. The molecular weight excluding hydrogens is 198 g/mol. The van der Waals surface area contributed by atoms with Crippen LogP contribution in [0.1, 0.15) is 44.5 Å². The predicted molar refractivity (Wildman–Crippen MR) is 66.3 cm³/mol. The minimum absolute atomic E-state index is 0.647. The summed E-state index contributed by atoms with van der Waals surface area (Å²) in [6.45, 7) is 8.43. The number of aryl methyl sites for hydroxylation is 2. The van der Waals surface area contributed by atoms with Gasteiger partial charge in [-0.25, -0.2) is 0 Å². The quantitative estimate of drug-likeness (QED) is 0.828. The van der Waals surface area contributed by atoms with Gasteiger partial charge in [-0.15, -0.1) is 0 Å². The summed E-state index contributed by atoms with van der Waals surface area (Å²) in [7, 11) is 0. The molecule has 3 nitrogen and oxygen atoms in total. The zero-order valence-corrected chi connectivity index (χ0v) is 10.7. The number of hydrogen-bond acceptors (Lipinski definition) is 2. The average molecular weight is 221 g/mol. The molecule has 1 aromatic heterocycles. The van der Waals surface area contributed by atoms with Gasteiger partial charge in [0, 0.05) is 19.1 Å². The van der Waals surface area contributed by atoms with Crippen LogP contribution in [0.5, 0.6) is 0 Å². The van der Waals surface area contributed by atoms with Gasteiger partial charge in [0.25, 0.3) is 0 Å². The number of nitrogens with zero attached hydrogens (tertiary/aromatic N) is 2. The van der Waals surface area contributed by atoms with Gasteiger partial charge in [0.15, 0.2) is 0 Å². The Morgan fingerprint density at radius 2 is 2.31 bits per heavy atom. The lowest BCUT2D eigenvalue weighted by Gasteiger charge is -2.32. The van der Waals surface area contributed by atoms with E-state index in [1.165, 1.54) is 25.0 Å². The lowest BCUT2D eigenvalue weighted by atomic mass is 9.80. The van der Waals surface area contributed by atoms with Crippen LogP contribution in [0.25, 0.3) is 0 Å². The van der Waals surface area contributed by atoms with Crippen LogP contribution in [-0.4, -0.2) is 15.8 Å². The maximum Gasteiger partial charge on any atom is 0.0597 e. The molecule has 2 rings (SSSR count). The van der Waals surface area contributed by atoms with Crippen molar-refractivity contribution in [2.75, 3.05) is 0 Å². The standard InChI is InChI=1S/C13H23N3/c1-4-16-13(8-10(2)15-16)9-14-11(3)12-6-5-7-12/h8,11-12,14H,4-7,9H2,1-3H3. The van der Waals surface area contributed by atoms with Crippen LogP contribution in [0, 0.1) is 12.8 Å². The molecule has 1 N–H and O–H groups in total. The van der Waals surface area contributed by atoms with Crippen molar-refractivity contribution in [1.82, 2.24) is 15.1 Å². The molecule has 1 unspecified atom stereocenters. The Kier molecular flexibility index (Phi) is 3.64. The van der Waals surface area contributed by atoms with Crippen LogP contribution < -0.4 is 5.32 Å². The Morgan fingerprint density at radius 1 is 1.56 bits per heavy atom. The van der Waals surface area contributed by atoms with E-state index in [-0.39, 0.29) is 0 Å². The normalized spacial score (nSPS) is 18.4. The number of rotatable bonds is 5. The second-order valence-electron chi connectivity index (χ2n) is 4.95. The lowest BCUT2D eigenvalue weighted by Crippen LogP contribution is -2.37. The van der Waals surface area contributed by atoms with Crippen molar-refractivity contribution in [1.29, 1.82) is 0 Å². The number of hydrogen-bond donors (Lipinski definition) is 1. The second kappa shape index (κ2) is 5.00. The molecule has 16 heavy (non-hydrogen) atoms. The van der Waals surface area contributed by atoms with Crippen molar-refractivity contribution in [3.63, 3.8) is 0 Å². The monoisotopic (exact) mass is 221 g/mol. The third-order valence-corrected chi connectivity index (χ3v) is 3.75. The summed E-state index contributed by atoms with van der Waals surface area (Å²) in [4.78, 5) is 0. The molecule has 0 spiro atoms. The highest BCUT2D eigenvalue weighted by molar-refractivity contribution is 5.08. The maximum absolute atomic E-state index is 4.46. The first-order valence-corrected chi connectivity index (χ1v) is 6.47. The molecule has 1 aliphatic rings. The zero-order valence-electron chi connectivity index (χ0n) is 10.7. The number of aromatic nitrogens is 2. The Morgan fingerprint density at radius 3 is 2.88 bits per heavy atom.